The quantitative estimate of drug-likeness (QED) is 0.610. The van der Waals surface area contributed by atoms with Crippen LogP contribution in [0.15, 0.2) is 39.3 Å². The zero-order chi connectivity index (χ0) is 17.8. The molecule has 0 saturated carbocycles. The molecule has 0 radical (unpaired) electrons. The minimum atomic E-state index is -0.856. The molecule has 0 fully saturated rings. The number of benzene rings is 1. The van der Waals surface area contributed by atoms with Crippen molar-refractivity contribution in [2.75, 3.05) is 5.75 Å². The van der Waals surface area contributed by atoms with Crippen molar-refractivity contribution in [2.45, 2.75) is 25.0 Å². The van der Waals surface area contributed by atoms with Crippen LogP contribution in [0.4, 0.5) is 0 Å². The molecule has 1 aromatic carbocycles. The molecule has 126 valence electrons. The highest BCUT2D eigenvalue weighted by Crippen LogP contribution is 2.26. The van der Waals surface area contributed by atoms with Crippen LogP contribution in [0.25, 0.3) is 11.5 Å². The third kappa shape index (κ3) is 4.13. The van der Waals surface area contributed by atoms with E-state index in [0.29, 0.717) is 16.1 Å². The van der Waals surface area contributed by atoms with Gasteiger partial charge in [-0.1, -0.05) is 29.5 Å². The summed E-state index contributed by atoms with van der Waals surface area (Å²) < 4.78 is 5.59. The zero-order valence-corrected chi connectivity index (χ0v) is 15.2. The summed E-state index contributed by atoms with van der Waals surface area (Å²) in [7, 11) is 0. The van der Waals surface area contributed by atoms with E-state index in [4.69, 9.17) is 4.42 Å². The van der Waals surface area contributed by atoms with Crippen LogP contribution in [-0.2, 0) is 4.79 Å². The first-order valence-electron chi connectivity index (χ1n) is 7.44. The number of nitrogens with zero attached hydrogens (tertiary/aromatic N) is 4. The van der Waals surface area contributed by atoms with E-state index in [1.54, 1.807) is 0 Å². The molecule has 0 unspecified atom stereocenters. The molecule has 0 N–H and O–H groups in total. The number of carbonyl (C=O) groups excluding carboxylic acids is 1. The topological polar surface area (TPSA) is 92.7 Å². The van der Waals surface area contributed by atoms with Crippen molar-refractivity contribution in [3.63, 3.8) is 0 Å². The number of hydrogen-bond acceptors (Lipinski definition) is 8. The lowest BCUT2D eigenvalue weighted by Crippen LogP contribution is -2.13. The van der Waals surface area contributed by atoms with Gasteiger partial charge >= 0.3 is 0 Å². The van der Waals surface area contributed by atoms with Crippen molar-refractivity contribution in [1.29, 1.82) is 5.26 Å². The molecule has 2 heterocycles. The number of aryl methyl sites for hydroxylation is 2. The smallest absolute Gasteiger partial charge is 0.277 e. The molecule has 0 saturated heterocycles. The Morgan fingerprint density at radius 1 is 1.40 bits per heavy atom. The minimum Gasteiger partial charge on any atom is -0.411 e. The number of thioether (sulfide) groups is 1. The Kier molecular flexibility index (Phi) is 5.26. The number of thiazole rings is 1. The molecular weight excluding hydrogens is 356 g/mol. The van der Waals surface area contributed by atoms with E-state index in [9.17, 15) is 10.1 Å². The largest absolute Gasteiger partial charge is 0.411 e. The summed E-state index contributed by atoms with van der Waals surface area (Å²) in [5.74, 6) is -0.597. The standard InChI is InChI=1S/C17H14N4O2S2/c1-10-4-3-5-12(6-10)15-20-21-17(23-15)25-9-14(22)13(7-18)16-19-11(2)8-24-16/h3-6,8,13H,9H2,1-2H3/t13-/m0/s1. The number of nitriles is 1. The third-order valence-corrected chi connectivity index (χ3v) is 5.21. The molecule has 8 heteroatoms. The van der Waals surface area contributed by atoms with Crippen molar-refractivity contribution < 1.29 is 9.21 Å². The highest BCUT2D eigenvalue weighted by molar-refractivity contribution is 7.99. The lowest BCUT2D eigenvalue weighted by Gasteiger charge is -2.03. The Morgan fingerprint density at radius 2 is 2.24 bits per heavy atom. The van der Waals surface area contributed by atoms with E-state index in [0.717, 1.165) is 28.6 Å². The van der Waals surface area contributed by atoms with Gasteiger partial charge in [0.1, 0.15) is 5.01 Å². The second-order valence-electron chi connectivity index (χ2n) is 5.39. The predicted octanol–water partition coefficient (Wildman–Crippen LogP) is 3.78. The summed E-state index contributed by atoms with van der Waals surface area (Å²) in [4.78, 5) is 16.5. The molecule has 3 rings (SSSR count). The summed E-state index contributed by atoms with van der Waals surface area (Å²) in [5.41, 5.74) is 2.73. The Hall–Kier alpha value is -2.50. The van der Waals surface area contributed by atoms with Crippen LogP contribution in [0, 0.1) is 25.2 Å². The second-order valence-corrected chi connectivity index (χ2v) is 7.20. The van der Waals surface area contributed by atoms with Gasteiger partial charge in [-0.05, 0) is 26.0 Å². The van der Waals surface area contributed by atoms with Crippen molar-refractivity contribution in [3.05, 3.63) is 45.9 Å². The van der Waals surface area contributed by atoms with E-state index >= 15 is 0 Å². The van der Waals surface area contributed by atoms with E-state index < -0.39 is 5.92 Å². The molecule has 0 bridgehead atoms. The fourth-order valence-electron chi connectivity index (χ4n) is 2.15. The minimum absolute atomic E-state index is 0.0757. The fraction of sp³-hybridized carbons (Fsp3) is 0.235. The molecule has 25 heavy (non-hydrogen) atoms. The Bertz CT molecular complexity index is 942. The maximum atomic E-state index is 12.3. The highest BCUT2D eigenvalue weighted by Gasteiger charge is 2.24. The van der Waals surface area contributed by atoms with Crippen molar-refractivity contribution >= 4 is 28.9 Å². The van der Waals surface area contributed by atoms with Crippen LogP contribution in [0.1, 0.15) is 22.2 Å². The summed E-state index contributed by atoms with van der Waals surface area (Å²) in [5, 5.41) is 19.9. The molecule has 0 aliphatic heterocycles. The molecule has 0 amide bonds. The van der Waals surface area contributed by atoms with Gasteiger partial charge in [0, 0.05) is 16.6 Å². The summed E-state index contributed by atoms with van der Waals surface area (Å²) in [6, 6.07) is 9.76. The van der Waals surface area contributed by atoms with Gasteiger partial charge in [-0.25, -0.2) is 4.98 Å². The van der Waals surface area contributed by atoms with Crippen molar-refractivity contribution in [2.24, 2.45) is 0 Å². The normalized spacial score (nSPS) is 11.9. The fourth-order valence-corrected chi connectivity index (χ4v) is 3.68. The first-order valence-corrected chi connectivity index (χ1v) is 9.31. The molecule has 1 atom stereocenters. The lowest BCUT2D eigenvalue weighted by atomic mass is 10.1. The second kappa shape index (κ2) is 7.59. The predicted molar refractivity (Wildman–Crippen MR) is 95.4 cm³/mol. The lowest BCUT2D eigenvalue weighted by molar-refractivity contribution is -0.116. The molecule has 6 nitrogen and oxygen atoms in total. The van der Waals surface area contributed by atoms with E-state index in [-0.39, 0.29) is 11.5 Å². The van der Waals surface area contributed by atoms with Gasteiger partial charge in [-0.15, -0.1) is 21.5 Å². The van der Waals surface area contributed by atoms with Gasteiger partial charge in [-0.3, -0.25) is 4.79 Å². The molecular formula is C17H14N4O2S2. The van der Waals surface area contributed by atoms with Crippen LogP contribution in [0.5, 0.6) is 0 Å². The number of rotatable bonds is 6. The monoisotopic (exact) mass is 370 g/mol. The van der Waals surface area contributed by atoms with Crippen LogP contribution in [0.3, 0.4) is 0 Å². The van der Waals surface area contributed by atoms with Crippen LogP contribution >= 0.6 is 23.1 Å². The van der Waals surface area contributed by atoms with Crippen LogP contribution < -0.4 is 0 Å². The van der Waals surface area contributed by atoms with Crippen LogP contribution in [-0.4, -0.2) is 26.7 Å². The molecule has 3 aromatic rings. The first-order chi connectivity index (χ1) is 12.1. The Balaban J connectivity index is 1.66. The van der Waals surface area contributed by atoms with Gasteiger partial charge in [0.2, 0.25) is 5.89 Å². The van der Waals surface area contributed by atoms with E-state index in [2.05, 4.69) is 15.2 Å². The average Bonchev–Trinajstić information content (AvgIpc) is 3.23. The Labute approximate surface area is 152 Å². The number of Topliss-reactive ketones (excluding diaryl/α,β-unsaturated/α-hetero) is 1. The molecule has 0 aliphatic carbocycles. The van der Waals surface area contributed by atoms with Gasteiger partial charge in [0.25, 0.3) is 5.22 Å². The summed E-state index contributed by atoms with van der Waals surface area (Å²) in [6.45, 7) is 3.81. The zero-order valence-electron chi connectivity index (χ0n) is 13.6. The van der Waals surface area contributed by atoms with Gasteiger partial charge < -0.3 is 4.42 Å². The number of carbonyl (C=O) groups is 1. The molecule has 0 spiro atoms. The van der Waals surface area contributed by atoms with Crippen molar-refractivity contribution in [3.8, 4) is 17.5 Å². The highest BCUT2D eigenvalue weighted by atomic mass is 32.2. The number of ketones is 1. The van der Waals surface area contributed by atoms with Gasteiger partial charge in [0.15, 0.2) is 11.7 Å². The van der Waals surface area contributed by atoms with E-state index in [1.165, 1.54) is 11.3 Å². The van der Waals surface area contributed by atoms with Gasteiger partial charge in [-0.2, -0.15) is 5.26 Å². The first kappa shape index (κ1) is 17.3. The van der Waals surface area contributed by atoms with Gasteiger partial charge in [0.05, 0.1) is 11.8 Å². The maximum absolute atomic E-state index is 12.3. The number of aromatic nitrogens is 3. The van der Waals surface area contributed by atoms with Crippen LogP contribution in [0.2, 0.25) is 0 Å². The maximum Gasteiger partial charge on any atom is 0.277 e. The Morgan fingerprint density at radius 3 is 2.92 bits per heavy atom. The van der Waals surface area contributed by atoms with E-state index in [1.807, 2.05) is 49.6 Å². The molecule has 2 aromatic heterocycles. The SMILES string of the molecule is Cc1cccc(-c2nnc(SCC(=O)[C@H](C#N)c3nc(C)cs3)o2)c1. The summed E-state index contributed by atoms with van der Waals surface area (Å²) >= 11 is 2.45. The molecule has 0 aliphatic rings. The summed E-state index contributed by atoms with van der Waals surface area (Å²) in [6.07, 6.45) is 0. The average molecular weight is 370 g/mol. The third-order valence-electron chi connectivity index (χ3n) is 3.34. The van der Waals surface area contributed by atoms with Crippen molar-refractivity contribution in [1.82, 2.24) is 15.2 Å². The number of hydrogen-bond donors (Lipinski definition) is 0.